The second-order valence-electron chi connectivity index (χ2n) is 5.05. The maximum atomic E-state index is 13.5. The highest BCUT2D eigenvalue weighted by Crippen LogP contribution is 2.29. The number of nitrogens with two attached hydrogens (primary N) is 1. The molecule has 1 aliphatic rings. The van der Waals surface area contributed by atoms with Crippen molar-refractivity contribution in [1.82, 2.24) is 4.90 Å². The number of nitrogens with zero attached hydrogens (tertiary/aromatic N) is 1. The van der Waals surface area contributed by atoms with Gasteiger partial charge in [0.1, 0.15) is 0 Å². The van der Waals surface area contributed by atoms with Crippen molar-refractivity contribution in [2.24, 2.45) is 0 Å². The van der Waals surface area contributed by atoms with Crippen LogP contribution in [-0.4, -0.2) is 37.2 Å². The zero-order valence-corrected chi connectivity index (χ0v) is 11.9. The number of benzene rings is 1. The molecule has 1 aromatic rings. The Balaban J connectivity index is 2.05. The number of nitrogen functional groups attached to an aromatic ring is 1. The third kappa shape index (κ3) is 3.93. The normalized spacial score (nSPS) is 19.2. The van der Waals surface area contributed by atoms with Gasteiger partial charge in [0.05, 0.1) is 11.4 Å². The Hall–Kier alpha value is -1.63. The molecule has 1 atom stereocenters. The summed E-state index contributed by atoms with van der Waals surface area (Å²) in [6, 6.07) is 2.55. The largest absolute Gasteiger partial charge is 0.432 e. The maximum absolute atomic E-state index is 13.5. The van der Waals surface area contributed by atoms with Crippen LogP contribution in [0.1, 0.15) is 19.8 Å². The van der Waals surface area contributed by atoms with Gasteiger partial charge >= 0.3 is 6.61 Å². The van der Waals surface area contributed by atoms with Crippen LogP contribution in [0, 0.1) is 5.82 Å². The second-order valence-corrected chi connectivity index (χ2v) is 5.05. The molecule has 1 unspecified atom stereocenters. The molecule has 2 rings (SSSR count). The van der Waals surface area contributed by atoms with E-state index in [4.69, 9.17) is 5.73 Å². The number of alkyl halides is 2. The Labute approximate surface area is 122 Å². The van der Waals surface area contributed by atoms with Gasteiger partial charge in [-0.25, -0.2) is 4.39 Å². The Bertz CT molecular complexity index is 485. The summed E-state index contributed by atoms with van der Waals surface area (Å²) in [4.78, 5) is 2.34. The van der Waals surface area contributed by atoms with E-state index < -0.39 is 18.2 Å². The fraction of sp³-hybridized carbons (Fsp3) is 0.571. The summed E-state index contributed by atoms with van der Waals surface area (Å²) in [6.07, 6.45) is 2.21. The van der Waals surface area contributed by atoms with Crippen LogP contribution < -0.4 is 15.8 Å². The lowest BCUT2D eigenvalue weighted by molar-refractivity contribution is -0.0521. The Morgan fingerprint density at radius 1 is 1.48 bits per heavy atom. The zero-order valence-electron chi connectivity index (χ0n) is 11.9. The van der Waals surface area contributed by atoms with Crippen molar-refractivity contribution in [3.63, 3.8) is 0 Å². The SMILES string of the molecule is CCN1CCCC1CNc1cc(OC(F)F)c(F)cc1N. The van der Waals surface area contributed by atoms with Crippen LogP contribution in [0.25, 0.3) is 0 Å². The quantitative estimate of drug-likeness (QED) is 0.793. The van der Waals surface area contributed by atoms with Crippen LogP contribution in [0.2, 0.25) is 0 Å². The van der Waals surface area contributed by atoms with Crippen LogP contribution in [0.5, 0.6) is 5.75 Å². The fourth-order valence-electron chi connectivity index (χ4n) is 2.68. The summed E-state index contributed by atoms with van der Waals surface area (Å²) in [6.45, 7) is 1.69. The topological polar surface area (TPSA) is 50.5 Å². The van der Waals surface area contributed by atoms with E-state index in [0.717, 1.165) is 32.0 Å². The summed E-state index contributed by atoms with van der Waals surface area (Å²) in [5.41, 5.74) is 6.30. The number of nitrogens with one attached hydrogen (secondary N) is 1. The van der Waals surface area contributed by atoms with Gasteiger partial charge in [-0.15, -0.1) is 0 Å². The predicted molar refractivity (Wildman–Crippen MR) is 76.2 cm³/mol. The molecule has 1 aromatic carbocycles. The first-order chi connectivity index (χ1) is 10.0. The molecular formula is C14H20F3N3O. The minimum atomic E-state index is -3.07. The fourth-order valence-corrected chi connectivity index (χ4v) is 2.68. The van der Waals surface area contributed by atoms with E-state index in [1.54, 1.807) is 0 Å². The number of ether oxygens (including phenoxy) is 1. The van der Waals surface area contributed by atoms with Gasteiger partial charge < -0.3 is 15.8 Å². The van der Waals surface area contributed by atoms with Crippen molar-refractivity contribution in [2.45, 2.75) is 32.4 Å². The average Bonchev–Trinajstić information content (AvgIpc) is 2.87. The highest BCUT2D eigenvalue weighted by atomic mass is 19.3. The molecule has 0 aromatic heterocycles. The number of likely N-dealkylation sites (N-methyl/N-ethyl adjacent to an activating group) is 1. The molecule has 1 aliphatic heterocycles. The van der Waals surface area contributed by atoms with Crippen LogP contribution >= 0.6 is 0 Å². The summed E-state index contributed by atoms with van der Waals surface area (Å²) in [7, 11) is 0. The van der Waals surface area contributed by atoms with E-state index in [1.165, 1.54) is 6.07 Å². The van der Waals surface area contributed by atoms with Crippen LogP contribution in [0.15, 0.2) is 12.1 Å². The van der Waals surface area contributed by atoms with E-state index >= 15 is 0 Å². The van der Waals surface area contributed by atoms with E-state index in [0.29, 0.717) is 18.3 Å². The Morgan fingerprint density at radius 2 is 2.24 bits per heavy atom. The van der Waals surface area contributed by atoms with Gasteiger partial charge in [-0.1, -0.05) is 6.92 Å². The number of rotatable bonds is 6. The monoisotopic (exact) mass is 303 g/mol. The van der Waals surface area contributed by atoms with Gasteiger partial charge in [-0.3, -0.25) is 4.90 Å². The number of likely N-dealkylation sites (tertiary alicyclic amines) is 1. The average molecular weight is 303 g/mol. The van der Waals surface area contributed by atoms with Crippen molar-refractivity contribution >= 4 is 11.4 Å². The van der Waals surface area contributed by atoms with Crippen LogP contribution in [0.3, 0.4) is 0 Å². The smallest absolute Gasteiger partial charge is 0.387 e. The molecule has 0 bridgehead atoms. The van der Waals surface area contributed by atoms with Gasteiger partial charge in [0.15, 0.2) is 11.6 Å². The summed E-state index contributed by atoms with van der Waals surface area (Å²) < 4.78 is 42.0. The molecule has 0 radical (unpaired) electrons. The van der Waals surface area contributed by atoms with Gasteiger partial charge in [-0.2, -0.15) is 8.78 Å². The summed E-state index contributed by atoms with van der Waals surface area (Å²) >= 11 is 0. The van der Waals surface area contributed by atoms with Crippen molar-refractivity contribution in [2.75, 3.05) is 30.7 Å². The molecule has 0 spiro atoms. The highest BCUT2D eigenvalue weighted by molar-refractivity contribution is 5.68. The van der Waals surface area contributed by atoms with Crippen LogP contribution in [0.4, 0.5) is 24.5 Å². The third-order valence-electron chi connectivity index (χ3n) is 3.75. The number of halogens is 3. The molecular weight excluding hydrogens is 283 g/mol. The lowest BCUT2D eigenvalue weighted by Crippen LogP contribution is -2.34. The second kappa shape index (κ2) is 6.89. The summed E-state index contributed by atoms with van der Waals surface area (Å²) in [5.74, 6) is -1.39. The molecule has 0 amide bonds. The van der Waals surface area contributed by atoms with Gasteiger partial charge in [-0.05, 0) is 25.9 Å². The van der Waals surface area contributed by atoms with E-state index in [2.05, 4.69) is 21.9 Å². The molecule has 0 saturated carbocycles. The van der Waals surface area contributed by atoms with Gasteiger partial charge in [0, 0.05) is 24.7 Å². The minimum absolute atomic E-state index is 0.176. The van der Waals surface area contributed by atoms with Crippen molar-refractivity contribution in [3.8, 4) is 5.75 Å². The Morgan fingerprint density at radius 3 is 2.90 bits per heavy atom. The van der Waals surface area contributed by atoms with Crippen molar-refractivity contribution in [3.05, 3.63) is 17.9 Å². The highest BCUT2D eigenvalue weighted by Gasteiger charge is 2.23. The molecule has 3 N–H and O–H groups in total. The maximum Gasteiger partial charge on any atom is 0.387 e. The summed E-state index contributed by atoms with van der Waals surface area (Å²) in [5, 5.41) is 3.10. The molecule has 7 heteroatoms. The van der Waals surface area contributed by atoms with Crippen molar-refractivity contribution < 1.29 is 17.9 Å². The van der Waals surface area contributed by atoms with Gasteiger partial charge in [0.25, 0.3) is 0 Å². The number of hydrogen-bond acceptors (Lipinski definition) is 4. The third-order valence-corrected chi connectivity index (χ3v) is 3.75. The predicted octanol–water partition coefficient (Wildman–Crippen LogP) is 2.91. The first-order valence-electron chi connectivity index (χ1n) is 7.03. The minimum Gasteiger partial charge on any atom is -0.432 e. The lowest BCUT2D eigenvalue weighted by Gasteiger charge is -2.24. The molecule has 4 nitrogen and oxygen atoms in total. The van der Waals surface area contributed by atoms with E-state index in [9.17, 15) is 13.2 Å². The van der Waals surface area contributed by atoms with Gasteiger partial charge in [0.2, 0.25) is 0 Å². The van der Waals surface area contributed by atoms with Crippen molar-refractivity contribution in [1.29, 1.82) is 0 Å². The zero-order chi connectivity index (χ0) is 15.4. The van der Waals surface area contributed by atoms with Crippen LogP contribution in [-0.2, 0) is 0 Å². The first-order valence-corrected chi connectivity index (χ1v) is 7.03. The van der Waals surface area contributed by atoms with E-state index in [1.807, 2.05) is 0 Å². The molecule has 21 heavy (non-hydrogen) atoms. The number of hydrogen-bond donors (Lipinski definition) is 2. The molecule has 118 valence electrons. The number of anilines is 2. The molecule has 1 saturated heterocycles. The lowest BCUT2D eigenvalue weighted by atomic mass is 10.2. The molecule has 1 heterocycles. The molecule has 1 fully saturated rings. The standard InChI is InChI=1S/C14H20F3N3O/c1-2-20-5-3-4-9(20)8-19-12-7-13(21-14(16)17)10(15)6-11(12)18/h6-7,9,14,19H,2-5,8,18H2,1H3. The Kier molecular flexibility index (Phi) is 5.17. The van der Waals surface area contributed by atoms with E-state index in [-0.39, 0.29) is 5.69 Å². The molecule has 0 aliphatic carbocycles. The first kappa shape index (κ1) is 15.8.